The molecule has 1 aliphatic rings. The van der Waals surface area contributed by atoms with Crippen molar-refractivity contribution in [1.82, 2.24) is 14.5 Å². The highest BCUT2D eigenvalue weighted by atomic mass is 32.1. The number of carbonyl (C=O) groups is 1. The van der Waals surface area contributed by atoms with Crippen molar-refractivity contribution in [3.63, 3.8) is 0 Å². The Labute approximate surface area is 230 Å². The summed E-state index contributed by atoms with van der Waals surface area (Å²) < 4.78 is 13.3. The summed E-state index contributed by atoms with van der Waals surface area (Å²) in [7, 11) is 3.17. The molecule has 39 heavy (non-hydrogen) atoms. The molecule has 2 aromatic heterocycles. The monoisotopic (exact) mass is 547 g/mol. The van der Waals surface area contributed by atoms with Gasteiger partial charge < -0.3 is 14.8 Å². The van der Waals surface area contributed by atoms with Crippen LogP contribution in [0.15, 0.2) is 52.1 Å². The van der Waals surface area contributed by atoms with Gasteiger partial charge in [0.05, 0.1) is 25.3 Å². The average Bonchev–Trinajstić information content (AvgIpc) is 3.35. The number of amides is 1. The van der Waals surface area contributed by atoms with Gasteiger partial charge in [-0.3, -0.25) is 14.2 Å². The zero-order chi connectivity index (χ0) is 27.5. The Balaban J connectivity index is 1.45. The average molecular weight is 548 g/mol. The highest BCUT2D eigenvalue weighted by Gasteiger charge is 2.25. The number of methoxy groups -OCH3 is 2. The second kappa shape index (κ2) is 11.5. The standard InChI is InChI=1S/C30H33N3O5S/c1-4-19-9-12-21(13-10-19)33-28(35)27-22-7-5-6-8-25(22)39-29(27)32(30(33)36)18-26(34)31-16-15-20-11-14-23(37-2)24(17-20)38-3/h9-14,17H,4-8,15-16,18H2,1-3H3,(H,31,34). The first-order valence-electron chi connectivity index (χ1n) is 13.3. The SMILES string of the molecule is CCc1ccc(-n2c(=O)c3c4c(sc3n(CC(=O)NCCc3ccc(OC)c(OC)c3)c2=O)CCCC4)cc1. The number of aryl methyl sites for hydroxylation is 3. The van der Waals surface area contributed by atoms with Gasteiger partial charge in [-0.25, -0.2) is 9.36 Å². The highest BCUT2D eigenvalue weighted by Crippen LogP contribution is 2.34. The molecule has 8 nitrogen and oxygen atoms in total. The summed E-state index contributed by atoms with van der Waals surface area (Å²) in [5.41, 5.74) is 2.86. The molecule has 0 fully saturated rings. The fourth-order valence-electron chi connectivity index (χ4n) is 5.20. The molecule has 0 bridgehead atoms. The summed E-state index contributed by atoms with van der Waals surface area (Å²) in [6.07, 6.45) is 5.24. The van der Waals surface area contributed by atoms with Crippen LogP contribution >= 0.6 is 11.3 Å². The minimum atomic E-state index is -0.495. The van der Waals surface area contributed by atoms with Gasteiger partial charge in [0.25, 0.3) is 5.56 Å². The molecule has 4 aromatic rings. The molecule has 5 rings (SSSR count). The lowest BCUT2D eigenvalue weighted by Crippen LogP contribution is -2.41. The van der Waals surface area contributed by atoms with Gasteiger partial charge in [-0.15, -0.1) is 11.3 Å². The quantitative estimate of drug-likeness (QED) is 0.342. The van der Waals surface area contributed by atoms with Crippen LogP contribution in [0.2, 0.25) is 0 Å². The second-order valence-electron chi connectivity index (χ2n) is 9.71. The summed E-state index contributed by atoms with van der Waals surface area (Å²) in [6.45, 7) is 2.29. The first kappa shape index (κ1) is 26.7. The maximum Gasteiger partial charge on any atom is 0.337 e. The largest absolute Gasteiger partial charge is 0.493 e. The Morgan fingerprint density at radius 1 is 0.974 bits per heavy atom. The number of hydrogen-bond acceptors (Lipinski definition) is 6. The number of nitrogens with zero attached hydrogens (tertiary/aromatic N) is 2. The van der Waals surface area contributed by atoms with Crippen molar-refractivity contribution in [3.8, 4) is 17.2 Å². The molecule has 2 aromatic carbocycles. The third-order valence-electron chi connectivity index (χ3n) is 7.33. The molecule has 0 saturated heterocycles. The predicted octanol–water partition coefficient (Wildman–Crippen LogP) is 4.03. The number of nitrogens with one attached hydrogen (secondary N) is 1. The normalized spacial score (nSPS) is 12.8. The van der Waals surface area contributed by atoms with Gasteiger partial charge >= 0.3 is 5.69 Å². The molecule has 1 aliphatic carbocycles. The van der Waals surface area contributed by atoms with Crippen molar-refractivity contribution in [2.75, 3.05) is 20.8 Å². The minimum Gasteiger partial charge on any atom is -0.493 e. The minimum absolute atomic E-state index is 0.159. The molecule has 0 atom stereocenters. The fourth-order valence-corrected chi connectivity index (χ4v) is 6.57. The number of rotatable bonds is 9. The number of fused-ring (bicyclic) bond motifs is 3. The van der Waals surface area contributed by atoms with E-state index in [-0.39, 0.29) is 18.0 Å². The molecular formula is C30H33N3O5S. The predicted molar refractivity (Wildman–Crippen MR) is 154 cm³/mol. The molecule has 1 amide bonds. The van der Waals surface area contributed by atoms with E-state index in [1.54, 1.807) is 26.4 Å². The Kier molecular flexibility index (Phi) is 7.88. The van der Waals surface area contributed by atoms with Crippen LogP contribution in [0, 0.1) is 0 Å². The van der Waals surface area contributed by atoms with Crippen molar-refractivity contribution < 1.29 is 14.3 Å². The smallest absolute Gasteiger partial charge is 0.337 e. The van der Waals surface area contributed by atoms with Crippen LogP contribution in [0.5, 0.6) is 11.5 Å². The lowest BCUT2D eigenvalue weighted by Gasteiger charge is -2.14. The van der Waals surface area contributed by atoms with E-state index < -0.39 is 5.69 Å². The lowest BCUT2D eigenvalue weighted by molar-refractivity contribution is -0.121. The fraction of sp³-hybridized carbons (Fsp3) is 0.367. The van der Waals surface area contributed by atoms with E-state index >= 15 is 0 Å². The topological polar surface area (TPSA) is 91.6 Å². The molecule has 0 aliphatic heterocycles. The molecule has 0 unspecified atom stereocenters. The van der Waals surface area contributed by atoms with E-state index in [4.69, 9.17) is 9.47 Å². The molecule has 2 heterocycles. The van der Waals surface area contributed by atoms with E-state index in [0.717, 1.165) is 53.7 Å². The van der Waals surface area contributed by atoms with Gasteiger partial charge in [-0.05, 0) is 79.5 Å². The van der Waals surface area contributed by atoms with Crippen LogP contribution in [-0.4, -0.2) is 35.8 Å². The van der Waals surface area contributed by atoms with Gasteiger partial charge in [0.2, 0.25) is 5.91 Å². The highest BCUT2D eigenvalue weighted by molar-refractivity contribution is 7.18. The van der Waals surface area contributed by atoms with Crippen LogP contribution in [0.3, 0.4) is 0 Å². The number of thiophene rings is 1. The Hall–Kier alpha value is -3.85. The molecule has 0 radical (unpaired) electrons. The summed E-state index contributed by atoms with van der Waals surface area (Å²) in [4.78, 5) is 42.3. The van der Waals surface area contributed by atoms with Crippen molar-refractivity contribution in [2.24, 2.45) is 0 Å². The Morgan fingerprint density at radius 2 is 1.69 bits per heavy atom. The maximum atomic E-state index is 13.8. The summed E-state index contributed by atoms with van der Waals surface area (Å²) in [6, 6.07) is 13.1. The van der Waals surface area contributed by atoms with Gasteiger partial charge in [0.15, 0.2) is 11.5 Å². The third-order valence-corrected chi connectivity index (χ3v) is 8.64. The van der Waals surface area contributed by atoms with Crippen LogP contribution in [0.25, 0.3) is 15.9 Å². The Bertz CT molecular complexity index is 1630. The Morgan fingerprint density at radius 3 is 2.41 bits per heavy atom. The van der Waals surface area contributed by atoms with Crippen LogP contribution in [0.4, 0.5) is 0 Å². The summed E-state index contributed by atoms with van der Waals surface area (Å²) in [5.74, 6) is 0.995. The molecular weight excluding hydrogens is 514 g/mol. The van der Waals surface area contributed by atoms with E-state index in [0.29, 0.717) is 40.4 Å². The number of carbonyl (C=O) groups excluding carboxylic acids is 1. The van der Waals surface area contributed by atoms with Crippen LogP contribution in [-0.2, 0) is 37.0 Å². The lowest BCUT2D eigenvalue weighted by atomic mass is 9.97. The van der Waals surface area contributed by atoms with Gasteiger partial charge in [0.1, 0.15) is 11.4 Å². The van der Waals surface area contributed by atoms with Gasteiger partial charge in [-0.2, -0.15) is 0 Å². The van der Waals surface area contributed by atoms with Crippen LogP contribution < -0.4 is 26.0 Å². The first-order valence-corrected chi connectivity index (χ1v) is 14.1. The number of benzene rings is 2. The van der Waals surface area contributed by atoms with E-state index in [1.807, 2.05) is 30.3 Å². The molecule has 1 N–H and O–H groups in total. The molecule has 9 heteroatoms. The van der Waals surface area contributed by atoms with E-state index in [9.17, 15) is 14.4 Å². The zero-order valence-corrected chi connectivity index (χ0v) is 23.4. The van der Waals surface area contributed by atoms with E-state index in [2.05, 4.69) is 12.2 Å². The third kappa shape index (κ3) is 5.23. The van der Waals surface area contributed by atoms with Gasteiger partial charge in [0, 0.05) is 11.4 Å². The van der Waals surface area contributed by atoms with Gasteiger partial charge in [-0.1, -0.05) is 25.1 Å². The number of aromatic nitrogens is 2. The van der Waals surface area contributed by atoms with E-state index in [1.165, 1.54) is 20.5 Å². The van der Waals surface area contributed by atoms with Crippen molar-refractivity contribution in [1.29, 1.82) is 0 Å². The second-order valence-corrected chi connectivity index (χ2v) is 10.8. The zero-order valence-electron chi connectivity index (χ0n) is 22.5. The molecule has 0 spiro atoms. The van der Waals surface area contributed by atoms with Crippen molar-refractivity contribution >= 4 is 27.5 Å². The number of hydrogen-bond donors (Lipinski definition) is 1. The van der Waals surface area contributed by atoms with Crippen molar-refractivity contribution in [2.45, 2.75) is 52.0 Å². The van der Waals surface area contributed by atoms with Crippen molar-refractivity contribution in [3.05, 3.63) is 84.9 Å². The molecule has 0 saturated carbocycles. The molecule has 204 valence electrons. The number of ether oxygens (including phenoxy) is 2. The first-order chi connectivity index (χ1) is 18.9. The summed E-state index contributed by atoms with van der Waals surface area (Å²) >= 11 is 1.48. The summed E-state index contributed by atoms with van der Waals surface area (Å²) in [5, 5.41) is 3.51. The maximum absolute atomic E-state index is 13.8. The van der Waals surface area contributed by atoms with Crippen LogP contribution in [0.1, 0.15) is 41.3 Å².